The van der Waals surface area contributed by atoms with Crippen molar-refractivity contribution in [2.75, 3.05) is 0 Å². The number of rotatable bonds is 1. The molecule has 0 bridgehead atoms. The molecule has 1 aromatic rings. The Morgan fingerprint density at radius 1 is 1.11 bits per heavy atom. The van der Waals surface area contributed by atoms with Crippen LogP contribution in [0.3, 0.4) is 0 Å². The van der Waals surface area contributed by atoms with E-state index in [0.717, 1.165) is 37.2 Å². The van der Waals surface area contributed by atoms with Crippen LogP contribution in [0.5, 0.6) is 0 Å². The van der Waals surface area contributed by atoms with Gasteiger partial charge in [-0.2, -0.15) is 0 Å². The first kappa shape index (κ1) is 14.6. The average Bonchev–Trinajstić information content (AvgIpc) is 2.52. The van der Waals surface area contributed by atoms with Crippen molar-refractivity contribution in [3.05, 3.63) is 35.4 Å². The Morgan fingerprint density at radius 3 is 2.42 bits per heavy atom. The molecule has 0 amide bonds. The fourth-order valence-corrected chi connectivity index (χ4v) is 3.55. The quantitative estimate of drug-likeness (QED) is 0.718. The van der Waals surface area contributed by atoms with Crippen LogP contribution in [0.15, 0.2) is 24.3 Å². The third-order valence-corrected chi connectivity index (χ3v) is 4.92. The Labute approximate surface area is 118 Å². The van der Waals surface area contributed by atoms with Crippen molar-refractivity contribution in [1.82, 2.24) is 0 Å². The molecular formula is C18H28O. The topological polar surface area (TPSA) is 20.2 Å². The molecule has 1 aliphatic rings. The fraction of sp³-hybridized carbons (Fsp3) is 0.667. The Kier molecular flexibility index (Phi) is 4.06. The lowest BCUT2D eigenvalue weighted by molar-refractivity contribution is 0.0174. The van der Waals surface area contributed by atoms with E-state index >= 15 is 0 Å². The second kappa shape index (κ2) is 5.28. The van der Waals surface area contributed by atoms with Crippen LogP contribution in [0, 0.1) is 18.3 Å². The molecule has 2 atom stereocenters. The molecule has 1 aromatic carbocycles. The zero-order valence-corrected chi connectivity index (χ0v) is 12.9. The van der Waals surface area contributed by atoms with Crippen molar-refractivity contribution in [3.8, 4) is 0 Å². The largest absolute Gasteiger partial charge is 0.385 e. The van der Waals surface area contributed by atoms with E-state index in [4.69, 9.17) is 0 Å². The monoisotopic (exact) mass is 260 g/mol. The summed E-state index contributed by atoms with van der Waals surface area (Å²) in [6.07, 6.45) is 5.32. The van der Waals surface area contributed by atoms with Crippen LogP contribution in [-0.2, 0) is 5.60 Å². The molecule has 0 radical (unpaired) electrons. The summed E-state index contributed by atoms with van der Waals surface area (Å²) in [5.41, 5.74) is 2.12. The predicted octanol–water partition coefficient (Wildman–Crippen LogP) is 4.81. The molecule has 1 N–H and O–H groups in total. The van der Waals surface area contributed by atoms with Crippen molar-refractivity contribution in [3.63, 3.8) is 0 Å². The van der Waals surface area contributed by atoms with Crippen LogP contribution in [-0.4, -0.2) is 5.11 Å². The van der Waals surface area contributed by atoms with Crippen molar-refractivity contribution < 1.29 is 5.11 Å². The molecule has 2 unspecified atom stereocenters. The first-order chi connectivity index (χ1) is 8.83. The average molecular weight is 260 g/mol. The minimum absolute atomic E-state index is 0.358. The highest BCUT2D eigenvalue weighted by Crippen LogP contribution is 2.43. The zero-order chi connectivity index (χ0) is 14.1. The molecule has 1 nitrogen and oxygen atoms in total. The van der Waals surface area contributed by atoms with Crippen LogP contribution in [0.1, 0.15) is 64.0 Å². The Morgan fingerprint density at radius 2 is 1.79 bits per heavy atom. The smallest absolute Gasteiger partial charge is 0.0899 e. The molecule has 1 fully saturated rings. The van der Waals surface area contributed by atoms with Gasteiger partial charge in [0.15, 0.2) is 0 Å². The summed E-state index contributed by atoms with van der Waals surface area (Å²) in [6.45, 7) is 9.10. The molecule has 2 rings (SSSR count). The molecule has 1 saturated carbocycles. The van der Waals surface area contributed by atoms with Gasteiger partial charge in [0, 0.05) is 0 Å². The van der Waals surface area contributed by atoms with Gasteiger partial charge >= 0.3 is 0 Å². The minimum Gasteiger partial charge on any atom is -0.385 e. The second-order valence-electron chi connectivity index (χ2n) is 7.34. The Hall–Kier alpha value is -0.820. The molecular weight excluding hydrogens is 232 g/mol. The fourth-order valence-electron chi connectivity index (χ4n) is 3.55. The van der Waals surface area contributed by atoms with Gasteiger partial charge in [-0.1, -0.05) is 45.0 Å². The summed E-state index contributed by atoms with van der Waals surface area (Å²) in [6, 6.07) is 8.31. The van der Waals surface area contributed by atoms with E-state index in [-0.39, 0.29) is 0 Å². The molecule has 1 aliphatic carbocycles. The maximum Gasteiger partial charge on any atom is 0.0899 e. The van der Waals surface area contributed by atoms with Gasteiger partial charge in [0.05, 0.1) is 5.60 Å². The summed E-state index contributed by atoms with van der Waals surface area (Å²) in [7, 11) is 0. The Balaban J connectivity index is 2.20. The number of aryl methyl sites for hydroxylation is 1. The maximum absolute atomic E-state index is 11.1. The summed E-state index contributed by atoms with van der Waals surface area (Å²) in [5, 5.41) is 11.1. The maximum atomic E-state index is 11.1. The first-order valence-corrected chi connectivity index (χ1v) is 7.61. The van der Waals surface area contributed by atoms with Crippen molar-refractivity contribution >= 4 is 0 Å². The number of hydrogen-bond donors (Lipinski definition) is 1. The predicted molar refractivity (Wildman–Crippen MR) is 81.1 cm³/mol. The second-order valence-corrected chi connectivity index (χ2v) is 7.34. The molecule has 1 heteroatoms. The van der Waals surface area contributed by atoms with Crippen molar-refractivity contribution in [2.24, 2.45) is 11.3 Å². The third kappa shape index (κ3) is 3.20. The lowest BCUT2D eigenvalue weighted by atomic mass is 9.76. The lowest BCUT2D eigenvalue weighted by Crippen LogP contribution is -2.26. The minimum atomic E-state index is -0.606. The third-order valence-electron chi connectivity index (χ3n) is 4.92. The van der Waals surface area contributed by atoms with E-state index in [9.17, 15) is 5.11 Å². The summed E-state index contributed by atoms with van der Waals surface area (Å²) in [4.78, 5) is 0. The molecule has 0 heterocycles. The molecule has 0 aromatic heterocycles. The molecule has 19 heavy (non-hydrogen) atoms. The first-order valence-electron chi connectivity index (χ1n) is 7.61. The van der Waals surface area contributed by atoms with Gasteiger partial charge in [0.1, 0.15) is 0 Å². The van der Waals surface area contributed by atoms with Gasteiger partial charge in [-0.3, -0.25) is 0 Å². The highest BCUT2D eigenvalue weighted by molar-refractivity contribution is 5.31. The van der Waals surface area contributed by atoms with Crippen LogP contribution in [0.4, 0.5) is 0 Å². The number of benzene rings is 1. The van der Waals surface area contributed by atoms with Gasteiger partial charge in [-0.15, -0.1) is 0 Å². The molecule has 106 valence electrons. The van der Waals surface area contributed by atoms with E-state index in [2.05, 4.69) is 45.9 Å². The van der Waals surface area contributed by atoms with E-state index in [1.165, 1.54) is 12.0 Å². The lowest BCUT2D eigenvalue weighted by Gasteiger charge is -2.31. The molecule has 0 aliphatic heterocycles. The van der Waals surface area contributed by atoms with Crippen LogP contribution in [0.2, 0.25) is 0 Å². The van der Waals surface area contributed by atoms with Gasteiger partial charge in [-0.05, 0) is 61.5 Å². The van der Waals surface area contributed by atoms with Crippen molar-refractivity contribution in [2.45, 2.75) is 65.4 Å². The molecule has 0 spiro atoms. The van der Waals surface area contributed by atoms with Crippen LogP contribution >= 0.6 is 0 Å². The van der Waals surface area contributed by atoms with Crippen molar-refractivity contribution in [1.29, 1.82) is 0 Å². The normalized spacial score (nSPS) is 29.0. The molecule has 0 saturated heterocycles. The van der Waals surface area contributed by atoms with Gasteiger partial charge in [0.2, 0.25) is 0 Å². The highest BCUT2D eigenvalue weighted by Gasteiger charge is 2.36. The van der Waals surface area contributed by atoms with Gasteiger partial charge < -0.3 is 5.11 Å². The Bertz CT molecular complexity index is 430. The summed E-state index contributed by atoms with van der Waals surface area (Å²) < 4.78 is 0. The van der Waals surface area contributed by atoms with E-state index < -0.39 is 5.60 Å². The number of hydrogen-bond acceptors (Lipinski definition) is 1. The van der Waals surface area contributed by atoms with Gasteiger partial charge in [-0.25, -0.2) is 0 Å². The summed E-state index contributed by atoms with van der Waals surface area (Å²) >= 11 is 0. The number of aliphatic hydroxyl groups is 1. The summed E-state index contributed by atoms with van der Waals surface area (Å²) in [5.74, 6) is 0.727. The SMILES string of the molecule is Cc1ccccc1C1(O)CCCC(C(C)(C)C)CC1. The van der Waals surface area contributed by atoms with E-state index in [1.807, 2.05) is 6.07 Å². The van der Waals surface area contributed by atoms with Gasteiger partial charge in [0.25, 0.3) is 0 Å². The van der Waals surface area contributed by atoms with Crippen LogP contribution in [0.25, 0.3) is 0 Å². The highest BCUT2D eigenvalue weighted by atomic mass is 16.3. The van der Waals surface area contributed by atoms with E-state index in [0.29, 0.717) is 5.41 Å². The van der Waals surface area contributed by atoms with E-state index in [1.54, 1.807) is 0 Å². The zero-order valence-electron chi connectivity index (χ0n) is 12.9. The van der Waals surface area contributed by atoms with Crippen LogP contribution < -0.4 is 0 Å². The standard InChI is InChI=1S/C18H28O/c1-14-8-5-6-10-16(14)18(19)12-7-9-15(11-13-18)17(2,3)4/h5-6,8,10,15,19H,7,9,11-13H2,1-4H3.